The number of hydrogen-bond acceptors (Lipinski definition) is 6. The first-order valence-corrected chi connectivity index (χ1v) is 16.4. The lowest BCUT2D eigenvalue weighted by Gasteiger charge is -2.37. The SMILES string of the molecule is C=CCN(C)C(=O)[C@H]1[C@H]2C(=O)N(CCCCCCO)C(C(=O)N(CC=C)c3ccc(N(CC)CC)cc3)C23CC[C@]1(CC)O3. The third-order valence-electron chi connectivity index (χ3n) is 10.1. The first-order valence-electron chi connectivity index (χ1n) is 16.4. The number of carbonyl (C=O) groups excluding carboxylic acids is 3. The second kappa shape index (κ2) is 14.3. The van der Waals surface area contributed by atoms with Gasteiger partial charge in [0.1, 0.15) is 11.6 Å². The molecule has 3 saturated heterocycles. The summed E-state index contributed by atoms with van der Waals surface area (Å²) in [6.45, 7) is 16.9. The molecular weight excluding hydrogens is 556 g/mol. The molecule has 3 aliphatic heterocycles. The Morgan fingerprint density at radius 2 is 1.61 bits per heavy atom. The Kier molecular flexibility index (Phi) is 10.9. The van der Waals surface area contributed by atoms with Crippen molar-refractivity contribution in [2.24, 2.45) is 11.8 Å². The number of likely N-dealkylation sites (N-methyl/N-ethyl adjacent to an activating group) is 1. The number of amides is 3. The van der Waals surface area contributed by atoms with E-state index in [1.165, 1.54) is 0 Å². The Labute approximate surface area is 263 Å². The number of rotatable bonds is 17. The number of aliphatic hydroxyl groups is 1. The molecule has 2 bridgehead atoms. The maximum atomic E-state index is 14.8. The maximum absolute atomic E-state index is 14.8. The molecule has 5 atom stereocenters. The second-order valence-corrected chi connectivity index (χ2v) is 12.4. The molecule has 3 fully saturated rings. The third-order valence-corrected chi connectivity index (χ3v) is 10.1. The summed E-state index contributed by atoms with van der Waals surface area (Å²) < 4.78 is 6.96. The lowest BCUT2D eigenvalue weighted by molar-refractivity contribution is -0.150. The van der Waals surface area contributed by atoms with Crippen molar-refractivity contribution in [3.8, 4) is 0 Å². The van der Waals surface area contributed by atoms with Crippen LogP contribution in [-0.4, -0.2) is 96.3 Å². The number of anilines is 2. The Balaban J connectivity index is 1.75. The highest BCUT2D eigenvalue weighted by molar-refractivity contribution is 6.05. The number of ether oxygens (including phenoxy) is 1. The number of unbranched alkanes of at least 4 members (excludes halogenated alkanes) is 3. The fourth-order valence-corrected chi connectivity index (χ4v) is 7.91. The topological polar surface area (TPSA) is 93.6 Å². The minimum absolute atomic E-state index is 0.127. The number of benzene rings is 1. The van der Waals surface area contributed by atoms with E-state index >= 15 is 0 Å². The molecule has 1 N–H and O–H groups in total. The highest BCUT2D eigenvalue weighted by atomic mass is 16.5. The van der Waals surface area contributed by atoms with Crippen LogP contribution >= 0.6 is 0 Å². The molecule has 0 radical (unpaired) electrons. The van der Waals surface area contributed by atoms with Gasteiger partial charge in [-0.25, -0.2) is 0 Å². The summed E-state index contributed by atoms with van der Waals surface area (Å²) >= 11 is 0. The van der Waals surface area contributed by atoms with Crippen molar-refractivity contribution in [3.63, 3.8) is 0 Å². The van der Waals surface area contributed by atoms with Crippen molar-refractivity contribution < 1.29 is 24.2 Å². The van der Waals surface area contributed by atoms with Gasteiger partial charge in [0.25, 0.3) is 5.91 Å². The highest BCUT2D eigenvalue weighted by Gasteiger charge is 2.78. The van der Waals surface area contributed by atoms with E-state index in [1.807, 2.05) is 31.2 Å². The standard InChI is InChI=1S/C35H52N4O5/c1-7-22-36(6)31(41)28-29-32(42)39(24-14-12-13-15-25-40)30(35(29)21-20-34(28,9-3)44-35)33(43)38(23-8-2)27-18-16-26(17-19-27)37(10-4)11-5/h7-8,16-19,28-30,40H,1-2,9-15,20-25H2,3-6H3/t28-,29+,30?,34+,35?/m1/s1. The zero-order valence-corrected chi connectivity index (χ0v) is 27.2. The fraction of sp³-hybridized carbons (Fsp3) is 0.629. The summed E-state index contributed by atoms with van der Waals surface area (Å²) in [5.41, 5.74) is -0.0490. The van der Waals surface area contributed by atoms with E-state index in [2.05, 4.69) is 31.9 Å². The quantitative estimate of drug-likeness (QED) is 0.208. The van der Waals surface area contributed by atoms with Gasteiger partial charge in [-0.1, -0.05) is 31.9 Å². The van der Waals surface area contributed by atoms with E-state index < -0.39 is 29.1 Å². The molecule has 1 aromatic carbocycles. The third kappa shape index (κ3) is 5.81. The maximum Gasteiger partial charge on any atom is 0.253 e. The molecule has 1 spiro atoms. The van der Waals surface area contributed by atoms with Gasteiger partial charge in [0.15, 0.2) is 0 Å². The van der Waals surface area contributed by atoms with Gasteiger partial charge >= 0.3 is 0 Å². The van der Waals surface area contributed by atoms with Crippen molar-refractivity contribution in [2.75, 3.05) is 56.2 Å². The van der Waals surface area contributed by atoms with Crippen LogP contribution < -0.4 is 9.80 Å². The summed E-state index contributed by atoms with van der Waals surface area (Å²) in [5, 5.41) is 9.24. The van der Waals surface area contributed by atoms with Crippen LogP contribution in [0.3, 0.4) is 0 Å². The summed E-state index contributed by atoms with van der Waals surface area (Å²) in [6.07, 6.45) is 8.22. The molecule has 0 aliphatic carbocycles. The first-order chi connectivity index (χ1) is 21.2. The molecule has 242 valence electrons. The summed E-state index contributed by atoms with van der Waals surface area (Å²) in [6, 6.07) is 7.11. The van der Waals surface area contributed by atoms with Crippen LogP contribution in [0, 0.1) is 11.8 Å². The largest absolute Gasteiger partial charge is 0.396 e. The van der Waals surface area contributed by atoms with Crippen molar-refractivity contribution in [1.82, 2.24) is 9.80 Å². The van der Waals surface area contributed by atoms with E-state index in [0.29, 0.717) is 45.2 Å². The highest BCUT2D eigenvalue weighted by Crippen LogP contribution is 2.64. The molecule has 2 unspecified atom stereocenters. The molecule has 1 aromatic rings. The molecule has 44 heavy (non-hydrogen) atoms. The van der Waals surface area contributed by atoms with Gasteiger partial charge in [0, 0.05) is 57.8 Å². The van der Waals surface area contributed by atoms with Crippen LogP contribution in [0.2, 0.25) is 0 Å². The Morgan fingerprint density at radius 1 is 0.977 bits per heavy atom. The van der Waals surface area contributed by atoms with Gasteiger partial charge in [-0.05, 0) is 70.2 Å². The summed E-state index contributed by atoms with van der Waals surface area (Å²) in [4.78, 5) is 50.6. The number of hydrogen-bond donors (Lipinski definition) is 1. The normalized spacial score (nSPS) is 26.9. The van der Waals surface area contributed by atoms with Crippen LogP contribution in [0.5, 0.6) is 0 Å². The molecule has 0 aromatic heterocycles. The second-order valence-electron chi connectivity index (χ2n) is 12.4. The van der Waals surface area contributed by atoms with Crippen molar-refractivity contribution in [3.05, 3.63) is 49.6 Å². The predicted molar refractivity (Wildman–Crippen MR) is 174 cm³/mol. The van der Waals surface area contributed by atoms with E-state index in [4.69, 9.17) is 4.74 Å². The molecule has 0 saturated carbocycles. The number of carbonyl (C=O) groups is 3. The number of likely N-dealkylation sites (tertiary alicyclic amines) is 1. The van der Waals surface area contributed by atoms with Crippen LogP contribution in [0.4, 0.5) is 11.4 Å². The lowest BCUT2D eigenvalue weighted by Crippen LogP contribution is -2.56. The fourth-order valence-electron chi connectivity index (χ4n) is 7.91. The Morgan fingerprint density at radius 3 is 2.20 bits per heavy atom. The average Bonchev–Trinajstić information content (AvgIpc) is 3.63. The number of aliphatic hydroxyl groups excluding tert-OH is 1. The van der Waals surface area contributed by atoms with Crippen molar-refractivity contribution >= 4 is 29.1 Å². The van der Waals surface area contributed by atoms with Crippen molar-refractivity contribution in [1.29, 1.82) is 0 Å². The monoisotopic (exact) mass is 608 g/mol. The van der Waals surface area contributed by atoms with E-state index in [-0.39, 0.29) is 30.9 Å². The van der Waals surface area contributed by atoms with E-state index in [1.54, 1.807) is 33.9 Å². The minimum atomic E-state index is -1.08. The Bertz CT molecular complexity index is 1200. The first kappa shape index (κ1) is 33.7. The molecule has 3 amide bonds. The Hall–Kier alpha value is -3.17. The van der Waals surface area contributed by atoms with Gasteiger partial charge in [-0.3, -0.25) is 14.4 Å². The molecule has 3 aliphatic rings. The van der Waals surface area contributed by atoms with Crippen molar-refractivity contribution in [2.45, 2.75) is 83.0 Å². The van der Waals surface area contributed by atoms with Gasteiger partial charge < -0.3 is 29.4 Å². The minimum Gasteiger partial charge on any atom is -0.396 e. The number of fused-ring (bicyclic) bond motifs is 1. The van der Waals surface area contributed by atoms with E-state index in [0.717, 1.165) is 37.3 Å². The van der Waals surface area contributed by atoms with Crippen LogP contribution in [0.15, 0.2) is 49.6 Å². The summed E-state index contributed by atoms with van der Waals surface area (Å²) in [7, 11) is 1.74. The molecular formula is C35H52N4O5. The molecule has 9 nitrogen and oxygen atoms in total. The smallest absolute Gasteiger partial charge is 0.253 e. The molecule has 4 rings (SSSR count). The predicted octanol–water partition coefficient (Wildman–Crippen LogP) is 4.40. The summed E-state index contributed by atoms with van der Waals surface area (Å²) in [5.74, 6) is -1.88. The van der Waals surface area contributed by atoms with Crippen LogP contribution in [0.25, 0.3) is 0 Å². The van der Waals surface area contributed by atoms with Gasteiger partial charge in [-0.15, -0.1) is 13.2 Å². The van der Waals surface area contributed by atoms with E-state index in [9.17, 15) is 19.5 Å². The van der Waals surface area contributed by atoms with Gasteiger partial charge in [-0.2, -0.15) is 0 Å². The van der Waals surface area contributed by atoms with Gasteiger partial charge in [0.2, 0.25) is 11.8 Å². The zero-order valence-electron chi connectivity index (χ0n) is 27.2. The number of nitrogens with zero attached hydrogens (tertiary/aromatic N) is 4. The van der Waals surface area contributed by atoms with Gasteiger partial charge in [0.05, 0.1) is 17.4 Å². The average molecular weight is 609 g/mol. The molecule has 9 heteroatoms. The molecule has 3 heterocycles. The zero-order chi connectivity index (χ0) is 32.1. The van der Waals surface area contributed by atoms with Crippen LogP contribution in [0.1, 0.15) is 65.7 Å². The lowest BCUT2D eigenvalue weighted by atomic mass is 9.64. The van der Waals surface area contributed by atoms with Crippen LogP contribution in [-0.2, 0) is 19.1 Å².